The summed E-state index contributed by atoms with van der Waals surface area (Å²) < 4.78 is 0. The monoisotopic (exact) mass is 204 g/mol. The highest BCUT2D eigenvalue weighted by Gasteiger charge is 2.29. The van der Waals surface area contributed by atoms with Gasteiger partial charge in [-0.3, -0.25) is 4.98 Å². The van der Waals surface area contributed by atoms with Gasteiger partial charge in [-0.15, -0.1) is 0 Å². The van der Waals surface area contributed by atoms with Crippen LogP contribution in [0.25, 0.3) is 0 Å². The van der Waals surface area contributed by atoms with Crippen molar-refractivity contribution in [2.75, 3.05) is 7.05 Å². The molecule has 0 radical (unpaired) electrons. The van der Waals surface area contributed by atoms with Crippen molar-refractivity contribution in [1.82, 2.24) is 10.3 Å². The summed E-state index contributed by atoms with van der Waals surface area (Å²) in [5, 5.41) is 3.43. The van der Waals surface area contributed by atoms with Gasteiger partial charge >= 0.3 is 0 Å². The third kappa shape index (κ3) is 2.78. The lowest BCUT2D eigenvalue weighted by molar-refractivity contribution is 0.470. The fraction of sp³-hybridized carbons (Fsp3) is 0.615. The van der Waals surface area contributed by atoms with Crippen LogP contribution in [0.2, 0.25) is 0 Å². The van der Waals surface area contributed by atoms with Crippen LogP contribution in [-0.2, 0) is 6.42 Å². The van der Waals surface area contributed by atoms with Gasteiger partial charge < -0.3 is 5.32 Å². The Morgan fingerprint density at radius 3 is 2.93 bits per heavy atom. The van der Waals surface area contributed by atoms with E-state index in [0.29, 0.717) is 6.04 Å². The highest BCUT2D eigenvalue weighted by molar-refractivity contribution is 5.21. The molecule has 15 heavy (non-hydrogen) atoms. The molecule has 0 aliphatic heterocycles. The molecule has 1 aromatic heterocycles. The average molecular weight is 204 g/mol. The van der Waals surface area contributed by atoms with Crippen LogP contribution in [0, 0.1) is 12.8 Å². The molecule has 0 saturated heterocycles. The molecule has 2 rings (SSSR count). The van der Waals surface area contributed by atoms with Gasteiger partial charge in [0.2, 0.25) is 0 Å². The number of hydrogen-bond donors (Lipinski definition) is 1. The molecule has 0 amide bonds. The summed E-state index contributed by atoms with van der Waals surface area (Å²) in [6.45, 7) is 2.17. The Bertz CT molecular complexity index is 318. The van der Waals surface area contributed by atoms with Gasteiger partial charge in [-0.05, 0) is 62.8 Å². The first-order valence-corrected chi connectivity index (χ1v) is 5.88. The van der Waals surface area contributed by atoms with Crippen LogP contribution in [0.1, 0.15) is 30.4 Å². The normalized spacial score (nSPS) is 17.7. The van der Waals surface area contributed by atoms with E-state index in [-0.39, 0.29) is 0 Å². The summed E-state index contributed by atoms with van der Waals surface area (Å²) in [6.07, 6.45) is 9.11. The van der Waals surface area contributed by atoms with E-state index in [4.69, 9.17) is 0 Å². The van der Waals surface area contributed by atoms with Gasteiger partial charge in [-0.1, -0.05) is 0 Å². The van der Waals surface area contributed by atoms with Crippen molar-refractivity contribution in [3.05, 3.63) is 29.6 Å². The van der Waals surface area contributed by atoms with Crippen LogP contribution in [0.15, 0.2) is 18.5 Å². The summed E-state index contributed by atoms with van der Waals surface area (Å²) in [7, 11) is 2.08. The van der Waals surface area contributed by atoms with E-state index in [1.165, 1.54) is 30.4 Å². The zero-order chi connectivity index (χ0) is 10.7. The van der Waals surface area contributed by atoms with E-state index >= 15 is 0 Å². The number of aromatic nitrogens is 1. The molecule has 1 atom stereocenters. The molecule has 1 aliphatic carbocycles. The van der Waals surface area contributed by atoms with E-state index in [2.05, 4.69) is 30.3 Å². The first-order chi connectivity index (χ1) is 7.31. The molecule has 1 aromatic rings. The maximum absolute atomic E-state index is 4.19. The van der Waals surface area contributed by atoms with Crippen molar-refractivity contribution >= 4 is 0 Å². The summed E-state index contributed by atoms with van der Waals surface area (Å²) in [4.78, 5) is 4.19. The molecular weight excluding hydrogens is 184 g/mol. The molecule has 2 nitrogen and oxygen atoms in total. The lowest BCUT2D eigenvalue weighted by atomic mass is 10.0. The first-order valence-electron chi connectivity index (χ1n) is 5.88. The summed E-state index contributed by atoms with van der Waals surface area (Å²) in [5.74, 6) is 0.937. The molecular formula is C13H20N2. The summed E-state index contributed by atoms with van der Waals surface area (Å²) >= 11 is 0. The SMILES string of the molecule is CNC(CCc1cnccc1C)C1CC1. The molecule has 1 heterocycles. The molecule has 2 heteroatoms. The number of pyridine rings is 1. The van der Waals surface area contributed by atoms with Crippen molar-refractivity contribution < 1.29 is 0 Å². The van der Waals surface area contributed by atoms with Gasteiger partial charge in [0.05, 0.1) is 0 Å². The summed E-state index contributed by atoms with van der Waals surface area (Å²) in [6, 6.07) is 2.81. The Morgan fingerprint density at radius 1 is 1.53 bits per heavy atom. The van der Waals surface area contributed by atoms with Crippen LogP contribution in [0.4, 0.5) is 0 Å². The molecule has 1 N–H and O–H groups in total. The van der Waals surface area contributed by atoms with Gasteiger partial charge in [-0.25, -0.2) is 0 Å². The third-order valence-corrected chi connectivity index (χ3v) is 3.43. The number of aryl methyl sites for hydroxylation is 2. The zero-order valence-electron chi connectivity index (χ0n) is 9.66. The number of nitrogens with one attached hydrogen (secondary N) is 1. The van der Waals surface area contributed by atoms with Crippen molar-refractivity contribution in [1.29, 1.82) is 0 Å². The minimum absolute atomic E-state index is 0.713. The topological polar surface area (TPSA) is 24.9 Å². The number of rotatable bonds is 5. The van der Waals surface area contributed by atoms with E-state index < -0.39 is 0 Å². The Hall–Kier alpha value is -0.890. The maximum Gasteiger partial charge on any atom is 0.0302 e. The van der Waals surface area contributed by atoms with Crippen molar-refractivity contribution in [3.8, 4) is 0 Å². The standard InChI is InChI=1S/C13H20N2/c1-10-7-8-15-9-12(10)5-6-13(14-2)11-3-4-11/h7-9,11,13-14H,3-6H2,1-2H3. The van der Waals surface area contributed by atoms with Crippen LogP contribution >= 0.6 is 0 Å². The maximum atomic E-state index is 4.19. The van der Waals surface area contributed by atoms with Gasteiger partial charge in [0.15, 0.2) is 0 Å². The fourth-order valence-corrected chi connectivity index (χ4v) is 2.18. The number of hydrogen-bond acceptors (Lipinski definition) is 2. The summed E-state index contributed by atoms with van der Waals surface area (Å²) in [5.41, 5.74) is 2.77. The Labute approximate surface area is 92.1 Å². The van der Waals surface area contributed by atoms with Gasteiger partial charge in [0, 0.05) is 18.4 Å². The highest BCUT2D eigenvalue weighted by atomic mass is 14.9. The minimum Gasteiger partial charge on any atom is -0.317 e. The quantitative estimate of drug-likeness (QED) is 0.796. The Kier molecular flexibility index (Phi) is 3.37. The molecule has 0 bridgehead atoms. The van der Waals surface area contributed by atoms with Gasteiger partial charge in [0.25, 0.3) is 0 Å². The largest absolute Gasteiger partial charge is 0.317 e. The van der Waals surface area contributed by atoms with Crippen molar-refractivity contribution in [2.45, 2.75) is 38.6 Å². The van der Waals surface area contributed by atoms with E-state index in [1.54, 1.807) is 0 Å². The highest BCUT2D eigenvalue weighted by Crippen LogP contribution is 2.34. The second kappa shape index (κ2) is 4.75. The molecule has 1 saturated carbocycles. The van der Waals surface area contributed by atoms with Crippen molar-refractivity contribution in [2.24, 2.45) is 5.92 Å². The molecule has 1 aliphatic rings. The Balaban J connectivity index is 1.89. The Morgan fingerprint density at radius 2 is 2.33 bits per heavy atom. The zero-order valence-corrected chi connectivity index (χ0v) is 9.66. The second-order valence-corrected chi connectivity index (χ2v) is 4.57. The smallest absolute Gasteiger partial charge is 0.0302 e. The molecule has 0 aromatic carbocycles. The minimum atomic E-state index is 0.713. The van der Waals surface area contributed by atoms with Crippen LogP contribution < -0.4 is 5.32 Å². The lowest BCUT2D eigenvalue weighted by Gasteiger charge is -2.15. The van der Waals surface area contributed by atoms with E-state index in [1.807, 2.05) is 12.4 Å². The molecule has 1 unspecified atom stereocenters. The fourth-order valence-electron chi connectivity index (χ4n) is 2.18. The number of nitrogens with zero attached hydrogens (tertiary/aromatic N) is 1. The average Bonchev–Trinajstić information content (AvgIpc) is 3.06. The van der Waals surface area contributed by atoms with Crippen LogP contribution in [0.5, 0.6) is 0 Å². The van der Waals surface area contributed by atoms with E-state index in [9.17, 15) is 0 Å². The van der Waals surface area contributed by atoms with Crippen LogP contribution in [0.3, 0.4) is 0 Å². The molecule has 1 fully saturated rings. The van der Waals surface area contributed by atoms with Crippen molar-refractivity contribution in [3.63, 3.8) is 0 Å². The van der Waals surface area contributed by atoms with Gasteiger partial charge in [0.1, 0.15) is 0 Å². The lowest BCUT2D eigenvalue weighted by Crippen LogP contribution is -2.27. The van der Waals surface area contributed by atoms with Gasteiger partial charge in [-0.2, -0.15) is 0 Å². The predicted molar refractivity (Wildman–Crippen MR) is 62.9 cm³/mol. The van der Waals surface area contributed by atoms with Crippen LogP contribution in [-0.4, -0.2) is 18.1 Å². The third-order valence-electron chi connectivity index (χ3n) is 3.43. The first kappa shape index (κ1) is 10.6. The predicted octanol–water partition coefficient (Wildman–Crippen LogP) is 2.32. The second-order valence-electron chi connectivity index (χ2n) is 4.57. The molecule has 82 valence electrons. The van der Waals surface area contributed by atoms with E-state index in [0.717, 1.165) is 12.3 Å². The molecule has 0 spiro atoms.